The van der Waals surface area contributed by atoms with Crippen LogP contribution in [-0.2, 0) is 0 Å². The van der Waals surface area contributed by atoms with E-state index in [1.54, 1.807) is 18.2 Å². The van der Waals surface area contributed by atoms with Crippen molar-refractivity contribution in [3.05, 3.63) is 57.0 Å². The molecule has 2 aromatic carbocycles. The highest BCUT2D eigenvalue weighted by Gasteiger charge is 2.11. The Bertz CT molecular complexity index is 645. The molecule has 2 aromatic rings. The van der Waals surface area contributed by atoms with Crippen LogP contribution in [0.3, 0.4) is 0 Å². The van der Waals surface area contributed by atoms with Crippen LogP contribution in [0.5, 0.6) is 0 Å². The number of nitrogens with one attached hydrogen (secondary N) is 1. The fraction of sp³-hybridized carbons (Fsp3) is 0.0714. The molecule has 0 saturated carbocycles. The van der Waals surface area contributed by atoms with Gasteiger partial charge in [0.25, 0.3) is 5.91 Å². The first-order valence-corrected chi connectivity index (χ1v) is 7.15. The van der Waals surface area contributed by atoms with E-state index in [0.29, 0.717) is 15.5 Å². The van der Waals surface area contributed by atoms with Crippen molar-refractivity contribution in [2.24, 2.45) is 0 Å². The summed E-state index contributed by atoms with van der Waals surface area (Å²) in [6.07, 6.45) is 0. The highest BCUT2D eigenvalue weighted by atomic mass is 79.9. The lowest BCUT2D eigenvalue weighted by Crippen LogP contribution is -2.12. The number of carbonyl (C=O) groups excluding carboxylic acids is 1. The van der Waals surface area contributed by atoms with Crippen molar-refractivity contribution in [1.29, 1.82) is 0 Å². The number of hydrogen-bond donors (Lipinski definition) is 2. The van der Waals surface area contributed by atoms with E-state index in [2.05, 4.69) is 33.9 Å². The van der Waals surface area contributed by atoms with Gasteiger partial charge in [-0.05, 0) is 48.9 Å². The quantitative estimate of drug-likeness (QED) is 0.732. The van der Waals surface area contributed by atoms with Gasteiger partial charge in [-0.25, -0.2) is 0 Å². The van der Waals surface area contributed by atoms with Crippen molar-refractivity contribution in [2.45, 2.75) is 11.8 Å². The van der Waals surface area contributed by atoms with E-state index in [1.807, 2.05) is 25.1 Å². The Balaban J connectivity index is 2.25. The van der Waals surface area contributed by atoms with Crippen LogP contribution in [0.1, 0.15) is 15.9 Å². The van der Waals surface area contributed by atoms with Gasteiger partial charge in [-0.15, -0.1) is 12.6 Å². The maximum Gasteiger partial charge on any atom is 0.257 e. The van der Waals surface area contributed by atoms with Crippen LogP contribution in [0.4, 0.5) is 5.69 Å². The molecule has 0 bridgehead atoms. The SMILES string of the molecule is Cc1cc(NC(=O)c2cc(S)ccc2Cl)ccc1Br. The van der Waals surface area contributed by atoms with Gasteiger partial charge in [0.1, 0.15) is 0 Å². The van der Waals surface area contributed by atoms with Gasteiger partial charge in [-0.3, -0.25) is 4.79 Å². The van der Waals surface area contributed by atoms with Crippen molar-refractivity contribution in [2.75, 3.05) is 5.32 Å². The molecule has 1 amide bonds. The molecule has 0 atom stereocenters. The number of aryl methyl sites for hydroxylation is 1. The van der Waals surface area contributed by atoms with Crippen LogP contribution in [-0.4, -0.2) is 5.91 Å². The lowest BCUT2D eigenvalue weighted by Gasteiger charge is -2.08. The number of anilines is 1. The van der Waals surface area contributed by atoms with E-state index in [1.165, 1.54) is 0 Å². The van der Waals surface area contributed by atoms with Gasteiger partial charge in [-0.1, -0.05) is 27.5 Å². The summed E-state index contributed by atoms with van der Waals surface area (Å²) in [6, 6.07) is 10.7. The van der Waals surface area contributed by atoms with Crippen molar-refractivity contribution in [1.82, 2.24) is 0 Å². The normalized spacial score (nSPS) is 10.3. The summed E-state index contributed by atoms with van der Waals surface area (Å²) in [5.41, 5.74) is 2.19. The minimum Gasteiger partial charge on any atom is -0.322 e. The van der Waals surface area contributed by atoms with Crippen LogP contribution >= 0.6 is 40.2 Å². The third kappa shape index (κ3) is 3.53. The summed E-state index contributed by atoms with van der Waals surface area (Å²) < 4.78 is 1.00. The van der Waals surface area contributed by atoms with Crippen LogP contribution in [0, 0.1) is 6.92 Å². The molecule has 0 spiro atoms. The average Bonchev–Trinajstić information content (AvgIpc) is 2.36. The summed E-state index contributed by atoms with van der Waals surface area (Å²) in [7, 11) is 0. The van der Waals surface area contributed by atoms with Crippen LogP contribution < -0.4 is 5.32 Å². The third-order valence-corrected chi connectivity index (χ3v) is 4.11. The van der Waals surface area contributed by atoms with E-state index < -0.39 is 0 Å². The summed E-state index contributed by atoms with van der Waals surface area (Å²) in [4.78, 5) is 12.8. The van der Waals surface area contributed by atoms with Gasteiger partial charge in [0.15, 0.2) is 0 Å². The van der Waals surface area contributed by atoms with Crippen LogP contribution in [0.15, 0.2) is 45.8 Å². The zero-order chi connectivity index (χ0) is 14.0. The molecule has 5 heteroatoms. The molecule has 0 aliphatic carbocycles. The topological polar surface area (TPSA) is 29.1 Å². The third-order valence-electron chi connectivity index (χ3n) is 2.61. The van der Waals surface area contributed by atoms with Crippen molar-refractivity contribution < 1.29 is 4.79 Å². The molecule has 19 heavy (non-hydrogen) atoms. The molecule has 0 radical (unpaired) electrons. The van der Waals surface area contributed by atoms with Crippen molar-refractivity contribution in [3.8, 4) is 0 Å². The molecule has 1 N–H and O–H groups in total. The average molecular weight is 357 g/mol. The van der Waals surface area contributed by atoms with Gasteiger partial charge in [0.05, 0.1) is 10.6 Å². The second kappa shape index (κ2) is 5.99. The molecule has 0 heterocycles. The first-order valence-electron chi connectivity index (χ1n) is 5.53. The van der Waals surface area contributed by atoms with Gasteiger partial charge in [0, 0.05) is 15.1 Å². The van der Waals surface area contributed by atoms with E-state index in [9.17, 15) is 4.79 Å². The number of rotatable bonds is 2. The number of benzene rings is 2. The van der Waals surface area contributed by atoms with Crippen LogP contribution in [0.25, 0.3) is 0 Å². The molecular weight excluding hydrogens is 346 g/mol. The lowest BCUT2D eigenvalue weighted by molar-refractivity contribution is 0.102. The van der Waals surface area contributed by atoms with E-state index in [-0.39, 0.29) is 5.91 Å². The maximum atomic E-state index is 12.1. The summed E-state index contributed by atoms with van der Waals surface area (Å²) in [6.45, 7) is 1.96. The first kappa shape index (κ1) is 14.4. The zero-order valence-corrected chi connectivity index (χ0v) is 13.3. The highest BCUT2D eigenvalue weighted by Crippen LogP contribution is 2.23. The Morgan fingerprint density at radius 2 is 2.00 bits per heavy atom. The summed E-state index contributed by atoms with van der Waals surface area (Å²) in [5, 5.41) is 3.22. The monoisotopic (exact) mass is 355 g/mol. The zero-order valence-electron chi connectivity index (χ0n) is 10.1. The fourth-order valence-electron chi connectivity index (χ4n) is 1.61. The number of halogens is 2. The predicted molar refractivity (Wildman–Crippen MR) is 85.5 cm³/mol. The first-order chi connectivity index (χ1) is 8.97. The Labute approximate surface area is 130 Å². The van der Waals surface area contributed by atoms with Gasteiger partial charge >= 0.3 is 0 Å². The maximum absolute atomic E-state index is 12.1. The second-order valence-corrected chi connectivity index (χ2v) is 5.86. The molecule has 2 nitrogen and oxygen atoms in total. The second-order valence-electron chi connectivity index (χ2n) is 4.08. The smallest absolute Gasteiger partial charge is 0.257 e. The molecule has 0 aliphatic rings. The predicted octanol–water partition coefficient (Wildman–Crippen LogP) is 4.95. The van der Waals surface area contributed by atoms with E-state index in [0.717, 1.165) is 15.7 Å². The summed E-state index contributed by atoms with van der Waals surface area (Å²) >= 11 is 13.6. The summed E-state index contributed by atoms with van der Waals surface area (Å²) in [5.74, 6) is -0.248. The highest BCUT2D eigenvalue weighted by molar-refractivity contribution is 9.10. The van der Waals surface area contributed by atoms with Crippen molar-refractivity contribution in [3.63, 3.8) is 0 Å². The minimum atomic E-state index is -0.248. The Morgan fingerprint density at radius 1 is 1.26 bits per heavy atom. The molecule has 0 saturated heterocycles. The van der Waals surface area contributed by atoms with Gasteiger partial charge in [0.2, 0.25) is 0 Å². The minimum absolute atomic E-state index is 0.248. The molecular formula is C14H11BrClNOS. The van der Waals surface area contributed by atoms with E-state index in [4.69, 9.17) is 11.6 Å². The molecule has 98 valence electrons. The van der Waals surface area contributed by atoms with E-state index >= 15 is 0 Å². The van der Waals surface area contributed by atoms with Gasteiger partial charge in [-0.2, -0.15) is 0 Å². The molecule has 0 fully saturated rings. The molecule has 2 rings (SSSR count). The van der Waals surface area contributed by atoms with Crippen molar-refractivity contribution >= 4 is 51.8 Å². The number of carbonyl (C=O) groups is 1. The lowest BCUT2D eigenvalue weighted by atomic mass is 10.2. The molecule has 0 unspecified atom stereocenters. The Morgan fingerprint density at radius 3 is 2.68 bits per heavy atom. The number of hydrogen-bond acceptors (Lipinski definition) is 2. The van der Waals surface area contributed by atoms with Gasteiger partial charge < -0.3 is 5.32 Å². The van der Waals surface area contributed by atoms with Crippen LogP contribution in [0.2, 0.25) is 5.02 Å². The standard InChI is InChI=1S/C14H11BrClNOS/c1-8-6-9(2-4-12(8)15)17-14(18)11-7-10(19)3-5-13(11)16/h2-7,19H,1H3,(H,17,18). The number of thiol groups is 1. The largest absolute Gasteiger partial charge is 0.322 e. The molecule has 0 aliphatic heterocycles. The number of amides is 1. The Hall–Kier alpha value is -0.970. The Kier molecular flexibility index (Phi) is 4.55. The fourth-order valence-corrected chi connectivity index (χ4v) is 2.26. The molecule has 0 aromatic heterocycles.